The highest BCUT2D eigenvalue weighted by Gasteiger charge is 2.06. The Balaban J connectivity index is 2.55. The Kier molecular flexibility index (Phi) is 5.14. The van der Waals surface area contributed by atoms with Crippen molar-refractivity contribution in [2.75, 3.05) is 20.7 Å². The maximum Gasteiger partial charge on any atom is 0.217 e. The number of aromatic nitrogens is 1. The number of rotatable bonds is 6. The second-order valence-electron chi connectivity index (χ2n) is 3.63. The molecule has 88 valence electrons. The van der Waals surface area contributed by atoms with Crippen molar-refractivity contribution in [2.45, 2.75) is 13.0 Å². The van der Waals surface area contributed by atoms with Gasteiger partial charge >= 0.3 is 0 Å². The van der Waals surface area contributed by atoms with Crippen molar-refractivity contribution in [3.8, 4) is 5.88 Å². The van der Waals surface area contributed by atoms with Crippen LogP contribution in [-0.2, 0) is 6.54 Å². The van der Waals surface area contributed by atoms with Crippen molar-refractivity contribution in [1.29, 1.82) is 0 Å². The summed E-state index contributed by atoms with van der Waals surface area (Å²) in [5, 5.41) is 0. The zero-order valence-corrected chi connectivity index (χ0v) is 10.5. The first kappa shape index (κ1) is 12.9. The average Bonchev–Trinajstić information content (AvgIpc) is 2.27. The topological polar surface area (TPSA) is 51.4 Å². The standard InChI is InChI=1S/C11H17N3OS/c1-14(7-5-10(12)16)8-9-4-3-6-13-11(9)15-2/h3-4,6H,5,7-8H2,1-2H3,(H2,12,16). The molecule has 0 atom stereocenters. The van der Waals surface area contributed by atoms with Gasteiger partial charge in [-0.15, -0.1) is 0 Å². The lowest BCUT2D eigenvalue weighted by molar-refractivity contribution is 0.322. The summed E-state index contributed by atoms with van der Waals surface area (Å²) in [7, 11) is 3.64. The van der Waals surface area contributed by atoms with Gasteiger partial charge in [0.1, 0.15) is 0 Å². The summed E-state index contributed by atoms with van der Waals surface area (Å²) in [6.45, 7) is 1.62. The normalized spacial score (nSPS) is 10.4. The fraction of sp³-hybridized carbons (Fsp3) is 0.455. The fourth-order valence-corrected chi connectivity index (χ4v) is 1.49. The first-order chi connectivity index (χ1) is 7.63. The predicted octanol–water partition coefficient (Wildman–Crippen LogP) is 1.20. The first-order valence-electron chi connectivity index (χ1n) is 5.08. The molecule has 5 heteroatoms. The van der Waals surface area contributed by atoms with Gasteiger partial charge in [0.05, 0.1) is 12.1 Å². The van der Waals surface area contributed by atoms with Crippen LogP contribution in [0.1, 0.15) is 12.0 Å². The van der Waals surface area contributed by atoms with E-state index in [0.29, 0.717) is 10.9 Å². The Morgan fingerprint density at radius 1 is 1.62 bits per heavy atom. The molecule has 1 aromatic heterocycles. The molecule has 0 aliphatic carbocycles. The van der Waals surface area contributed by atoms with Crippen molar-refractivity contribution >= 4 is 17.2 Å². The number of hydrogen-bond acceptors (Lipinski definition) is 4. The largest absolute Gasteiger partial charge is 0.481 e. The Hall–Kier alpha value is -1.20. The van der Waals surface area contributed by atoms with Gasteiger partial charge in [0, 0.05) is 31.3 Å². The number of methoxy groups -OCH3 is 1. The van der Waals surface area contributed by atoms with Crippen LogP contribution < -0.4 is 10.5 Å². The van der Waals surface area contributed by atoms with Crippen LogP contribution in [0.5, 0.6) is 5.88 Å². The molecule has 0 radical (unpaired) electrons. The van der Waals surface area contributed by atoms with Gasteiger partial charge in [0.2, 0.25) is 5.88 Å². The molecular formula is C11H17N3OS. The Bertz CT molecular complexity index is 357. The van der Waals surface area contributed by atoms with Crippen molar-refractivity contribution in [2.24, 2.45) is 5.73 Å². The van der Waals surface area contributed by atoms with E-state index in [1.165, 1.54) is 0 Å². The Morgan fingerprint density at radius 2 is 2.38 bits per heavy atom. The van der Waals surface area contributed by atoms with E-state index in [-0.39, 0.29) is 0 Å². The summed E-state index contributed by atoms with van der Waals surface area (Å²) in [5.74, 6) is 0.671. The number of hydrogen-bond donors (Lipinski definition) is 1. The lowest BCUT2D eigenvalue weighted by Gasteiger charge is -2.17. The molecule has 1 rings (SSSR count). The van der Waals surface area contributed by atoms with E-state index in [2.05, 4.69) is 9.88 Å². The summed E-state index contributed by atoms with van der Waals surface area (Å²) in [6, 6.07) is 3.91. The van der Waals surface area contributed by atoms with Gasteiger partial charge in [0.15, 0.2) is 0 Å². The molecule has 0 unspecified atom stereocenters. The van der Waals surface area contributed by atoms with Crippen molar-refractivity contribution in [1.82, 2.24) is 9.88 Å². The SMILES string of the molecule is COc1ncccc1CN(C)CCC(N)=S. The lowest BCUT2D eigenvalue weighted by Crippen LogP contribution is -2.23. The highest BCUT2D eigenvalue weighted by Crippen LogP contribution is 2.15. The van der Waals surface area contributed by atoms with Gasteiger partial charge in [-0.1, -0.05) is 18.3 Å². The molecule has 1 heterocycles. The van der Waals surface area contributed by atoms with Crippen LogP contribution in [-0.4, -0.2) is 35.6 Å². The third kappa shape index (κ3) is 4.12. The monoisotopic (exact) mass is 239 g/mol. The fourth-order valence-electron chi connectivity index (χ4n) is 1.40. The minimum Gasteiger partial charge on any atom is -0.481 e. The van der Waals surface area contributed by atoms with E-state index in [9.17, 15) is 0 Å². The summed E-state index contributed by atoms with van der Waals surface area (Å²) < 4.78 is 5.18. The van der Waals surface area contributed by atoms with Crippen LogP contribution in [0.3, 0.4) is 0 Å². The molecule has 4 nitrogen and oxygen atoms in total. The van der Waals surface area contributed by atoms with Crippen LogP contribution in [0.15, 0.2) is 18.3 Å². The summed E-state index contributed by atoms with van der Waals surface area (Å²) in [6.07, 6.45) is 2.45. The van der Waals surface area contributed by atoms with Crippen molar-refractivity contribution in [3.63, 3.8) is 0 Å². The zero-order chi connectivity index (χ0) is 12.0. The number of nitrogens with zero attached hydrogens (tertiary/aromatic N) is 2. The third-order valence-electron chi connectivity index (χ3n) is 2.22. The van der Waals surface area contributed by atoms with Crippen LogP contribution in [0.4, 0.5) is 0 Å². The molecule has 0 amide bonds. The van der Waals surface area contributed by atoms with E-state index in [0.717, 1.165) is 25.1 Å². The highest BCUT2D eigenvalue weighted by molar-refractivity contribution is 7.80. The first-order valence-corrected chi connectivity index (χ1v) is 5.49. The van der Waals surface area contributed by atoms with Gasteiger partial charge in [-0.3, -0.25) is 0 Å². The minimum absolute atomic E-state index is 0.546. The molecule has 0 aromatic carbocycles. The molecule has 0 fully saturated rings. The number of nitrogens with two attached hydrogens (primary N) is 1. The van der Waals surface area contributed by atoms with E-state index >= 15 is 0 Å². The van der Waals surface area contributed by atoms with E-state index in [4.69, 9.17) is 22.7 Å². The lowest BCUT2D eigenvalue weighted by atomic mass is 10.2. The number of ether oxygens (including phenoxy) is 1. The number of pyridine rings is 1. The third-order valence-corrected chi connectivity index (χ3v) is 2.43. The highest BCUT2D eigenvalue weighted by atomic mass is 32.1. The smallest absolute Gasteiger partial charge is 0.217 e. The molecule has 0 spiro atoms. The van der Waals surface area contributed by atoms with E-state index < -0.39 is 0 Å². The van der Waals surface area contributed by atoms with Gasteiger partial charge < -0.3 is 15.4 Å². The second-order valence-corrected chi connectivity index (χ2v) is 4.15. The minimum atomic E-state index is 0.546. The summed E-state index contributed by atoms with van der Waals surface area (Å²) in [5.41, 5.74) is 6.52. The summed E-state index contributed by atoms with van der Waals surface area (Å²) >= 11 is 4.84. The Labute approximate surface area is 101 Å². The van der Waals surface area contributed by atoms with Crippen LogP contribution in [0.2, 0.25) is 0 Å². The summed E-state index contributed by atoms with van der Waals surface area (Å²) in [4.78, 5) is 6.83. The molecular weight excluding hydrogens is 222 g/mol. The molecule has 2 N–H and O–H groups in total. The van der Waals surface area contributed by atoms with Gasteiger partial charge in [-0.05, 0) is 13.1 Å². The van der Waals surface area contributed by atoms with Crippen molar-refractivity contribution in [3.05, 3.63) is 23.9 Å². The number of thiocarbonyl (C=S) groups is 1. The van der Waals surface area contributed by atoms with Crippen molar-refractivity contribution < 1.29 is 4.74 Å². The van der Waals surface area contributed by atoms with Gasteiger partial charge in [0.25, 0.3) is 0 Å². The molecule has 1 aromatic rings. The van der Waals surface area contributed by atoms with Gasteiger partial charge in [-0.2, -0.15) is 0 Å². The Morgan fingerprint density at radius 3 is 3.00 bits per heavy atom. The zero-order valence-electron chi connectivity index (χ0n) is 9.64. The molecule has 16 heavy (non-hydrogen) atoms. The van der Waals surface area contributed by atoms with Gasteiger partial charge in [-0.25, -0.2) is 4.98 Å². The maximum atomic E-state index is 5.46. The average molecular weight is 239 g/mol. The van der Waals surface area contributed by atoms with Crippen LogP contribution in [0, 0.1) is 0 Å². The van der Waals surface area contributed by atoms with Crippen LogP contribution in [0.25, 0.3) is 0 Å². The molecule has 0 aliphatic rings. The second kappa shape index (κ2) is 6.40. The van der Waals surface area contributed by atoms with E-state index in [1.54, 1.807) is 13.3 Å². The molecule has 0 bridgehead atoms. The predicted molar refractivity (Wildman–Crippen MR) is 68.5 cm³/mol. The molecule has 0 saturated heterocycles. The maximum absolute atomic E-state index is 5.46. The quantitative estimate of drug-likeness (QED) is 0.756. The molecule has 0 aliphatic heterocycles. The molecule has 0 saturated carbocycles. The van der Waals surface area contributed by atoms with E-state index in [1.807, 2.05) is 19.2 Å². The van der Waals surface area contributed by atoms with Crippen LogP contribution >= 0.6 is 12.2 Å².